The Labute approximate surface area is 269 Å². The van der Waals surface area contributed by atoms with E-state index in [4.69, 9.17) is 0 Å². The Hall–Kier alpha value is -3.58. The molecule has 0 aliphatic carbocycles. The lowest BCUT2D eigenvalue weighted by atomic mass is 9.65. The molecule has 3 atom stereocenters. The number of benzene rings is 5. The van der Waals surface area contributed by atoms with E-state index in [1.54, 1.807) is 0 Å². The van der Waals surface area contributed by atoms with Gasteiger partial charge in [-0.1, -0.05) is 134 Å². The van der Waals surface area contributed by atoms with E-state index in [0.29, 0.717) is 17.9 Å². The highest BCUT2D eigenvalue weighted by Crippen LogP contribution is 2.55. The first-order valence-electron chi connectivity index (χ1n) is 16.9. The summed E-state index contributed by atoms with van der Waals surface area (Å²) in [5.41, 5.74) is 9.95. The average molecular weight is 588 g/mol. The molecule has 1 heteroatoms. The number of rotatable bonds is 3. The third-order valence-corrected chi connectivity index (χ3v) is 10.1. The van der Waals surface area contributed by atoms with E-state index < -0.39 is 0 Å². The molecule has 0 saturated heterocycles. The molecular weight excluding hydrogens is 530 g/mol. The van der Waals surface area contributed by atoms with E-state index in [1.165, 1.54) is 60.7 Å². The van der Waals surface area contributed by atoms with Crippen molar-refractivity contribution in [2.75, 3.05) is 4.90 Å². The largest absolute Gasteiger partial charge is 0.337 e. The second-order valence-corrected chi connectivity index (χ2v) is 12.5. The van der Waals surface area contributed by atoms with E-state index in [9.17, 15) is 0 Å². The molecule has 6 rings (SSSR count). The van der Waals surface area contributed by atoms with Gasteiger partial charge in [0, 0.05) is 22.8 Å². The summed E-state index contributed by atoms with van der Waals surface area (Å²) >= 11 is 0. The minimum absolute atomic E-state index is 0.118. The van der Waals surface area contributed by atoms with Gasteiger partial charge in [-0.25, -0.2) is 0 Å². The molecule has 1 heterocycles. The number of hydrogen-bond donors (Lipinski definition) is 0. The summed E-state index contributed by atoms with van der Waals surface area (Å²) < 4.78 is 0. The highest BCUT2D eigenvalue weighted by molar-refractivity contribution is 5.92. The van der Waals surface area contributed by atoms with Crippen LogP contribution in [-0.2, 0) is 5.41 Å². The number of fused-ring (bicyclic) bond motifs is 3. The van der Waals surface area contributed by atoms with Crippen LogP contribution in [0.4, 0.5) is 11.4 Å². The van der Waals surface area contributed by atoms with Crippen LogP contribution in [0.25, 0.3) is 21.5 Å². The van der Waals surface area contributed by atoms with Gasteiger partial charge < -0.3 is 4.90 Å². The zero-order valence-electron chi connectivity index (χ0n) is 29.8. The molecule has 0 aromatic heterocycles. The standard InChI is InChI=1S/C27H33N.C12H12.2C2H6/c1-17(2)20(5)27(7)21(6)28(25-14-10-11-18(3)26(25)27)24-16-15-22-12-8-9-13-23(22)19(24)4;1-9-7-8-11-5-3-4-6-12(11)10(9)2;2*1-2/h8-17,20-21H,1-7H3;3-8H,1-2H3;2*1-2H3. The Morgan fingerprint density at radius 3 is 1.66 bits per heavy atom. The zero-order valence-corrected chi connectivity index (χ0v) is 29.8. The van der Waals surface area contributed by atoms with Crippen LogP contribution in [0.5, 0.6) is 0 Å². The highest BCUT2D eigenvalue weighted by Gasteiger charge is 2.50. The molecule has 0 amide bonds. The average Bonchev–Trinajstić information content (AvgIpc) is 3.28. The molecule has 5 aromatic carbocycles. The maximum atomic E-state index is 2.61. The summed E-state index contributed by atoms with van der Waals surface area (Å²) in [5.74, 6) is 1.23. The van der Waals surface area contributed by atoms with Crippen LogP contribution < -0.4 is 4.90 Å². The Morgan fingerprint density at radius 1 is 0.568 bits per heavy atom. The molecule has 5 aromatic rings. The van der Waals surface area contributed by atoms with Crippen molar-refractivity contribution in [2.24, 2.45) is 11.8 Å². The van der Waals surface area contributed by atoms with E-state index in [1.807, 2.05) is 27.7 Å². The topological polar surface area (TPSA) is 3.24 Å². The summed E-state index contributed by atoms with van der Waals surface area (Å²) in [6.07, 6.45) is 0. The second-order valence-electron chi connectivity index (χ2n) is 12.5. The Kier molecular flexibility index (Phi) is 11.8. The van der Waals surface area contributed by atoms with Crippen LogP contribution in [0.3, 0.4) is 0 Å². The molecule has 234 valence electrons. The summed E-state index contributed by atoms with van der Waals surface area (Å²) in [4.78, 5) is 2.61. The Balaban J connectivity index is 0.000000275. The van der Waals surface area contributed by atoms with Gasteiger partial charge in [-0.2, -0.15) is 0 Å². The Morgan fingerprint density at radius 2 is 1.09 bits per heavy atom. The van der Waals surface area contributed by atoms with E-state index >= 15 is 0 Å². The van der Waals surface area contributed by atoms with Crippen LogP contribution in [0.1, 0.15) is 90.1 Å². The van der Waals surface area contributed by atoms with Crippen molar-refractivity contribution in [1.82, 2.24) is 0 Å². The van der Waals surface area contributed by atoms with Crippen molar-refractivity contribution in [3.05, 3.63) is 119 Å². The molecule has 0 spiro atoms. The quantitative estimate of drug-likeness (QED) is 0.203. The Bertz CT molecular complexity index is 1680. The fourth-order valence-corrected chi connectivity index (χ4v) is 7.09. The van der Waals surface area contributed by atoms with Crippen molar-refractivity contribution < 1.29 is 0 Å². The van der Waals surface area contributed by atoms with Gasteiger partial charge in [-0.3, -0.25) is 0 Å². The molecule has 0 saturated carbocycles. The van der Waals surface area contributed by atoms with Crippen LogP contribution in [0, 0.1) is 39.5 Å². The minimum atomic E-state index is 0.118. The highest BCUT2D eigenvalue weighted by atomic mass is 15.2. The van der Waals surface area contributed by atoms with Gasteiger partial charge in [0.25, 0.3) is 0 Å². The van der Waals surface area contributed by atoms with Crippen LogP contribution in [0.15, 0.2) is 91.0 Å². The van der Waals surface area contributed by atoms with Crippen molar-refractivity contribution in [3.8, 4) is 0 Å². The van der Waals surface area contributed by atoms with E-state index in [0.717, 1.165) is 0 Å². The lowest BCUT2D eigenvalue weighted by Gasteiger charge is -2.41. The molecular formula is C43H57N. The van der Waals surface area contributed by atoms with Gasteiger partial charge >= 0.3 is 0 Å². The minimum Gasteiger partial charge on any atom is -0.337 e. The first-order chi connectivity index (χ1) is 21.1. The van der Waals surface area contributed by atoms with Crippen LogP contribution in [-0.4, -0.2) is 6.04 Å². The third kappa shape index (κ3) is 6.30. The molecule has 1 aliphatic rings. The lowest BCUT2D eigenvalue weighted by Crippen LogP contribution is -2.45. The maximum Gasteiger partial charge on any atom is 0.0455 e. The summed E-state index contributed by atoms with van der Waals surface area (Å²) in [6, 6.07) is 33.4. The molecule has 1 aliphatic heterocycles. The molecule has 0 bridgehead atoms. The van der Waals surface area contributed by atoms with Gasteiger partial charge in [-0.15, -0.1) is 0 Å². The molecule has 3 unspecified atom stereocenters. The summed E-state index contributed by atoms with van der Waals surface area (Å²) in [6.45, 7) is 29.0. The van der Waals surface area contributed by atoms with Gasteiger partial charge in [0.15, 0.2) is 0 Å². The van der Waals surface area contributed by atoms with Gasteiger partial charge in [0.2, 0.25) is 0 Å². The van der Waals surface area contributed by atoms with Crippen molar-refractivity contribution in [2.45, 2.75) is 101 Å². The van der Waals surface area contributed by atoms with Crippen molar-refractivity contribution >= 4 is 32.9 Å². The van der Waals surface area contributed by atoms with Gasteiger partial charge in [-0.05, 0) is 108 Å². The van der Waals surface area contributed by atoms with Crippen LogP contribution >= 0.6 is 0 Å². The first kappa shape index (κ1) is 34.9. The molecule has 0 N–H and O–H groups in total. The second kappa shape index (κ2) is 14.9. The third-order valence-electron chi connectivity index (χ3n) is 10.1. The molecule has 0 radical (unpaired) electrons. The predicted molar refractivity (Wildman–Crippen MR) is 199 cm³/mol. The number of aryl methyl sites for hydroxylation is 4. The number of hydrogen-bond acceptors (Lipinski definition) is 1. The fraction of sp³-hybridized carbons (Fsp3) is 0.395. The van der Waals surface area contributed by atoms with Gasteiger partial charge in [0.05, 0.1) is 0 Å². The smallest absolute Gasteiger partial charge is 0.0455 e. The molecule has 0 fully saturated rings. The molecule has 44 heavy (non-hydrogen) atoms. The predicted octanol–water partition coefficient (Wildman–Crippen LogP) is 13.1. The molecule has 1 nitrogen and oxygen atoms in total. The normalized spacial score (nSPS) is 17.6. The summed E-state index contributed by atoms with van der Waals surface area (Å²) in [5, 5.41) is 5.38. The maximum absolute atomic E-state index is 2.61. The zero-order chi connectivity index (χ0) is 32.8. The van der Waals surface area contributed by atoms with Gasteiger partial charge in [0.1, 0.15) is 0 Å². The fourth-order valence-electron chi connectivity index (χ4n) is 7.09. The number of nitrogens with zero attached hydrogens (tertiary/aromatic N) is 1. The van der Waals surface area contributed by atoms with Crippen molar-refractivity contribution in [1.29, 1.82) is 0 Å². The lowest BCUT2D eigenvalue weighted by molar-refractivity contribution is 0.223. The SMILES string of the molecule is CC.CC.Cc1ccc2ccccc2c1C.Cc1cccc2c1C(C)(C(C)C(C)C)C(C)N2c1ccc2ccccc2c1C. The number of anilines is 2. The monoisotopic (exact) mass is 587 g/mol. The first-order valence-corrected chi connectivity index (χ1v) is 16.9. The van der Waals surface area contributed by atoms with E-state index in [-0.39, 0.29) is 5.41 Å². The van der Waals surface area contributed by atoms with Crippen molar-refractivity contribution in [3.63, 3.8) is 0 Å². The van der Waals surface area contributed by atoms with E-state index in [2.05, 4.69) is 158 Å². The summed E-state index contributed by atoms with van der Waals surface area (Å²) in [7, 11) is 0. The van der Waals surface area contributed by atoms with Crippen LogP contribution in [0.2, 0.25) is 0 Å².